The highest BCUT2D eigenvalue weighted by atomic mass is 32.2. The van der Waals surface area contributed by atoms with Gasteiger partial charge in [0, 0.05) is 31.6 Å². The van der Waals surface area contributed by atoms with Gasteiger partial charge < -0.3 is 19.7 Å². The van der Waals surface area contributed by atoms with Crippen molar-refractivity contribution in [1.82, 2.24) is 9.62 Å². The number of ether oxygens (including phenoxy) is 2. The van der Waals surface area contributed by atoms with Crippen LogP contribution < -0.4 is 10.8 Å². The van der Waals surface area contributed by atoms with E-state index in [0.717, 1.165) is 28.6 Å². The molecule has 0 aromatic heterocycles. The van der Waals surface area contributed by atoms with Gasteiger partial charge in [0.15, 0.2) is 0 Å². The molecule has 226 valence electrons. The summed E-state index contributed by atoms with van der Waals surface area (Å²) in [7, 11) is -8.98. The zero-order valence-corrected chi connectivity index (χ0v) is 24.4. The lowest BCUT2D eigenvalue weighted by Gasteiger charge is -2.33. The lowest BCUT2D eigenvalue weighted by Crippen LogP contribution is -2.52. The van der Waals surface area contributed by atoms with Crippen molar-refractivity contribution in [3.05, 3.63) is 70.3 Å². The van der Waals surface area contributed by atoms with Crippen molar-refractivity contribution in [2.24, 2.45) is 11.4 Å². The molecule has 1 amide bonds. The number of hydrogen-bond donors (Lipinski definition) is 3. The summed E-state index contributed by atoms with van der Waals surface area (Å²) in [5, 5.41) is 13.7. The molecule has 4 unspecified atom stereocenters. The van der Waals surface area contributed by atoms with E-state index in [1.165, 1.54) is 0 Å². The Kier molecular flexibility index (Phi) is 11.4. The van der Waals surface area contributed by atoms with Crippen LogP contribution in [-0.4, -0.2) is 73.2 Å². The maximum atomic E-state index is 13.7. The van der Waals surface area contributed by atoms with Crippen LogP contribution in [0.4, 0.5) is 10.5 Å². The van der Waals surface area contributed by atoms with E-state index in [1.54, 1.807) is 44.2 Å². The first-order valence-corrected chi connectivity index (χ1v) is 16.0. The molecule has 14 nitrogen and oxygen atoms in total. The Balaban J connectivity index is 1.97. The van der Waals surface area contributed by atoms with Gasteiger partial charge in [0.05, 0.1) is 29.1 Å². The van der Waals surface area contributed by atoms with Crippen LogP contribution in [0.15, 0.2) is 59.5 Å². The minimum absolute atomic E-state index is 0.0403. The van der Waals surface area contributed by atoms with E-state index in [4.69, 9.17) is 19.5 Å². The third-order valence-corrected chi connectivity index (χ3v) is 8.55. The largest absolute Gasteiger partial charge is 0.444 e. The van der Waals surface area contributed by atoms with Gasteiger partial charge in [-0.15, -0.1) is 0 Å². The normalized spacial score (nSPS) is 18.5. The summed E-state index contributed by atoms with van der Waals surface area (Å²) in [5.41, 5.74) is 5.80. The van der Waals surface area contributed by atoms with Crippen molar-refractivity contribution in [3.63, 3.8) is 0 Å². The van der Waals surface area contributed by atoms with Gasteiger partial charge in [-0.1, -0.05) is 44.2 Å². The number of non-ortho nitro benzene ring substituents is 1. The molecule has 2 aromatic rings. The zero-order chi connectivity index (χ0) is 30.2. The summed E-state index contributed by atoms with van der Waals surface area (Å²) in [6.45, 7) is 3.68. The third-order valence-electron chi connectivity index (χ3n) is 6.14. The second-order valence-corrected chi connectivity index (χ2v) is 13.3. The Bertz CT molecular complexity index is 1320. The first-order valence-electron chi connectivity index (χ1n) is 12.9. The molecule has 4 atom stereocenters. The second kappa shape index (κ2) is 14.3. The van der Waals surface area contributed by atoms with Gasteiger partial charge in [-0.25, -0.2) is 23.3 Å². The van der Waals surface area contributed by atoms with Gasteiger partial charge in [-0.05, 0) is 30.0 Å². The lowest BCUT2D eigenvalue weighted by molar-refractivity contribution is -0.384. The molecular formula is C25H35N4O10PS. The molecule has 0 bridgehead atoms. The topological polar surface area (TPSA) is 201 Å². The fourth-order valence-electron chi connectivity index (χ4n) is 4.28. The monoisotopic (exact) mass is 614 g/mol. The van der Waals surface area contributed by atoms with Crippen LogP contribution in [0, 0.1) is 16.0 Å². The predicted molar refractivity (Wildman–Crippen MR) is 148 cm³/mol. The molecule has 1 saturated heterocycles. The maximum absolute atomic E-state index is 13.7. The Hall–Kier alpha value is -2.91. The number of nitrogens with two attached hydrogens (primary N) is 1. The number of rotatable bonds is 14. The smallest absolute Gasteiger partial charge is 0.407 e. The molecule has 0 aliphatic carbocycles. The standard InChI is InChI=1S/C25H35N4O10PS/c1-18(2)15-28(41(35,36)22-10-8-20(9-11-22)29(31)32)16-24(39-40(26,33)34)23(14-19-6-4-3-5-7-19)27-25(30)38-21-12-13-37-17-21/h3-11,18,21,23-24H,12-17H2,1-2H3,(H,27,30)(H3,26,33,34). The number of nitro groups is 1. The molecule has 0 spiro atoms. The predicted octanol–water partition coefficient (Wildman–Crippen LogP) is 2.81. The van der Waals surface area contributed by atoms with Gasteiger partial charge in [-0.2, -0.15) is 4.31 Å². The number of nitro benzene ring substituents is 1. The molecule has 16 heteroatoms. The number of sulfonamides is 1. The third kappa shape index (κ3) is 10.1. The van der Waals surface area contributed by atoms with Crippen molar-refractivity contribution in [3.8, 4) is 0 Å². The number of benzene rings is 2. The van der Waals surface area contributed by atoms with Crippen LogP contribution in [0.5, 0.6) is 0 Å². The highest BCUT2D eigenvalue weighted by molar-refractivity contribution is 7.89. The molecule has 41 heavy (non-hydrogen) atoms. The lowest BCUT2D eigenvalue weighted by atomic mass is 10.0. The number of nitrogens with zero attached hydrogens (tertiary/aromatic N) is 2. The van der Waals surface area contributed by atoms with Crippen LogP contribution >= 0.6 is 7.75 Å². The first-order chi connectivity index (χ1) is 19.2. The molecular weight excluding hydrogens is 579 g/mol. The van der Waals surface area contributed by atoms with E-state index in [1.807, 2.05) is 0 Å². The van der Waals surface area contributed by atoms with Crippen LogP contribution in [0.1, 0.15) is 25.8 Å². The molecule has 4 N–H and O–H groups in total. The highest BCUT2D eigenvalue weighted by Gasteiger charge is 2.36. The number of carbonyl (C=O) groups excluding carboxylic acids is 1. The van der Waals surface area contributed by atoms with Gasteiger partial charge in [-0.3, -0.25) is 14.6 Å². The summed E-state index contributed by atoms with van der Waals surface area (Å²) in [6, 6.07) is 12.1. The Morgan fingerprint density at radius 3 is 2.41 bits per heavy atom. The summed E-state index contributed by atoms with van der Waals surface area (Å²) in [6.07, 6.45) is -2.15. The molecule has 3 rings (SSSR count). The zero-order valence-electron chi connectivity index (χ0n) is 22.7. The fraction of sp³-hybridized carbons (Fsp3) is 0.480. The summed E-state index contributed by atoms with van der Waals surface area (Å²) < 4.78 is 56.7. The number of amides is 1. The van der Waals surface area contributed by atoms with Crippen LogP contribution in [0.3, 0.4) is 0 Å². The molecule has 1 aliphatic rings. The van der Waals surface area contributed by atoms with Gasteiger partial charge in [0.2, 0.25) is 10.0 Å². The SMILES string of the molecule is CC(C)CN(CC(OP(N)(=O)O)C(Cc1ccccc1)NC(=O)OC1CCOC1)S(=O)(=O)c1ccc([N+](=O)[O-])cc1. The van der Waals surface area contributed by atoms with E-state index in [-0.39, 0.29) is 36.1 Å². The van der Waals surface area contributed by atoms with Crippen molar-refractivity contribution in [2.45, 2.75) is 49.8 Å². The van der Waals surface area contributed by atoms with Gasteiger partial charge >= 0.3 is 13.8 Å². The minimum Gasteiger partial charge on any atom is -0.444 e. The molecule has 1 heterocycles. The maximum Gasteiger partial charge on any atom is 0.407 e. The molecule has 2 aromatic carbocycles. The highest BCUT2D eigenvalue weighted by Crippen LogP contribution is 2.35. The number of hydrogen-bond acceptors (Lipinski definition) is 9. The molecule has 0 radical (unpaired) electrons. The van der Waals surface area contributed by atoms with Crippen molar-refractivity contribution < 1.29 is 41.6 Å². The van der Waals surface area contributed by atoms with Crippen molar-refractivity contribution in [2.75, 3.05) is 26.3 Å². The average Bonchev–Trinajstić information content (AvgIpc) is 3.40. The fourth-order valence-corrected chi connectivity index (χ4v) is 6.50. The summed E-state index contributed by atoms with van der Waals surface area (Å²) in [4.78, 5) is 33.0. The molecule has 1 aliphatic heterocycles. The van der Waals surface area contributed by atoms with E-state index in [9.17, 15) is 32.8 Å². The number of alkyl carbamates (subject to hydrolysis) is 1. The van der Waals surface area contributed by atoms with E-state index in [2.05, 4.69) is 5.32 Å². The number of nitrogens with one attached hydrogen (secondary N) is 1. The summed E-state index contributed by atoms with van der Waals surface area (Å²) in [5.74, 6) is -0.199. The van der Waals surface area contributed by atoms with Crippen LogP contribution in [0.2, 0.25) is 0 Å². The van der Waals surface area contributed by atoms with Crippen LogP contribution in [0.25, 0.3) is 0 Å². The first kappa shape index (κ1) is 32.6. The van der Waals surface area contributed by atoms with E-state index < -0.39 is 53.6 Å². The van der Waals surface area contributed by atoms with Gasteiger partial charge in [0.1, 0.15) is 12.2 Å². The van der Waals surface area contributed by atoms with E-state index in [0.29, 0.717) is 18.6 Å². The Morgan fingerprint density at radius 1 is 1.22 bits per heavy atom. The van der Waals surface area contributed by atoms with E-state index >= 15 is 0 Å². The Labute approximate surface area is 238 Å². The molecule has 0 saturated carbocycles. The average molecular weight is 615 g/mol. The van der Waals surface area contributed by atoms with Gasteiger partial charge in [0.25, 0.3) is 5.69 Å². The van der Waals surface area contributed by atoms with Crippen LogP contribution in [-0.2, 0) is 35.0 Å². The Morgan fingerprint density at radius 2 is 1.88 bits per heavy atom. The molecule has 1 fully saturated rings. The van der Waals surface area contributed by atoms with Crippen molar-refractivity contribution in [1.29, 1.82) is 0 Å². The second-order valence-electron chi connectivity index (χ2n) is 10.0. The number of carbonyl (C=O) groups is 1. The summed E-state index contributed by atoms with van der Waals surface area (Å²) >= 11 is 0. The quantitative estimate of drug-likeness (QED) is 0.160. The minimum atomic E-state index is -4.69. The van der Waals surface area contributed by atoms with Crippen molar-refractivity contribution >= 4 is 29.6 Å².